The summed E-state index contributed by atoms with van der Waals surface area (Å²) in [6.45, 7) is 4.15. The van der Waals surface area contributed by atoms with Crippen LogP contribution in [0.15, 0.2) is 30.5 Å². The lowest BCUT2D eigenvalue weighted by molar-refractivity contribution is 0.112. The van der Waals surface area contributed by atoms with Crippen LogP contribution in [0, 0.1) is 0 Å². The number of hydrogen-bond donors (Lipinski definition) is 2. The Morgan fingerprint density at radius 1 is 1.50 bits per heavy atom. The number of hydrogen-bond acceptors (Lipinski definition) is 4. The Labute approximate surface area is 94.9 Å². The number of ether oxygens (including phenoxy) is 1. The minimum absolute atomic E-state index is 0.427. The highest BCUT2D eigenvalue weighted by molar-refractivity contribution is 5.83. The second kappa shape index (κ2) is 5.80. The fourth-order valence-corrected chi connectivity index (χ4v) is 1.24. The highest BCUT2D eigenvalue weighted by Gasteiger charge is 2.00. The molecule has 0 spiro atoms. The van der Waals surface area contributed by atoms with Gasteiger partial charge in [-0.2, -0.15) is 0 Å². The maximum absolute atomic E-state index is 10.5. The summed E-state index contributed by atoms with van der Waals surface area (Å²) in [5.74, 6) is 0.658. The van der Waals surface area contributed by atoms with Crippen LogP contribution >= 0.6 is 0 Å². The maximum Gasteiger partial charge on any atom is 0.152 e. The number of nitrogen functional groups attached to an aromatic ring is 1. The first kappa shape index (κ1) is 12.1. The second-order valence-corrected chi connectivity index (χ2v) is 3.52. The van der Waals surface area contributed by atoms with Gasteiger partial charge in [0.2, 0.25) is 0 Å². The minimum atomic E-state index is 0.427. The van der Waals surface area contributed by atoms with Crippen LogP contribution in [0.3, 0.4) is 0 Å². The van der Waals surface area contributed by atoms with Crippen molar-refractivity contribution in [2.24, 2.45) is 5.73 Å². The fourth-order valence-electron chi connectivity index (χ4n) is 1.24. The van der Waals surface area contributed by atoms with E-state index in [9.17, 15) is 4.79 Å². The molecule has 0 aromatic heterocycles. The van der Waals surface area contributed by atoms with Crippen molar-refractivity contribution in [2.75, 3.05) is 12.3 Å². The summed E-state index contributed by atoms with van der Waals surface area (Å²) in [5.41, 5.74) is 12.6. The monoisotopic (exact) mass is 220 g/mol. The van der Waals surface area contributed by atoms with Gasteiger partial charge in [-0.3, -0.25) is 4.79 Å². The third kappa shape index (κ3) is 3.65. The van der Waals surface area contributed by atoms with E-state index in [1.54, 1.807) is 18.2 Å². The van der Waals surface area contributed by atoms with Crippen molar-refractivity contribution in [3.8, 4) is 5.75 Å². The van der Waals surface area contributed by atoms with Crippen LogP contribution in [-0.4, -0.2) is 12.9 Å². The Morgan fingerprint density at radius 3 is 2.81 bits per heavy atom. The number of aldehydes is 1. The number of allylic oxidation sites excluding steroid dienone is 1. The molecule has 0 atom stereocenters. The topological polar surface area (TPSA) is 78.3 Å². The second-order valence-electron chi connectivity index (χ2n) is 3.52. The average molecular weight is 220 g/mol. The molecule has 1 aromatic rings. The Morgan fingerprint density at radius 2 is 2.25 bits per heavy atom. The molecule has 0 saturated carbocycles. The third-order valence-electron chi connectivity index (χ3n) is 2.10. The summed E-state index contributed by atoms with van der Waals surface area (Å²) >= 11 is 0. The van der Waals surface area contributed by atoms with E-state index in [0.29, 0.717) is 29.3 Å². The first-order chi connectivity index (χ1) is 7.63. The Hall–Kier alpha value is -1.97. The van der Waals surface area contributed by atoms with Crippen LogP contribution in [0.4, 0.5) is 5.69 Å². The van der Waals surface area contributed by atoms with Crippen LogP contribution in [-0.2, 0) is 0 Å². The zero-order valence-corrected chi connectivity index (χ0v) is 9.11. The molecule has 0 bridgehead atoms. The van der Waals surface area contributed by atoms with Crippen LogP contribution in [0.25, 0.3) is 0 Å². The molecule has 1 aromatic carbocycles. The Balaban J connectivity index is 2.46. The number of benzene rings is 1. The number of anilines is 1. The van der Waals surface area contributed by atoms with Gasteiger partial charge in [0.25, 0.3) is 0 Å². The van der Waals surface area contributed by atoms with Gasteiger partial charge in [0, 0.05) is 23.0 Å². The average Bonchev–Trinajstić information content (AvgIpc) is 2.24. The number of carbonyl (C=O) groups excluding carboxylic acids is 1. The molecule has 0 aliphatic rings. The highest BCUT2D eigenvalue weighted by atomic mass is 16.5. The number of carbonyl (C=O) groups is 1. The summed E-state index contributed by atoms with van der Waals surface area (Å²) in [4.78, 5) is 10.5. The van der Waals surface area contributed by atoms with Crippen LogP contribution in [0.2, 0.25) is 0 Å². The van der Waals surface area contributed by atoms with Gasteiger partial charge in [-0.05, 0) is 25.0 Å². The Kier molecular flexibility index (Phi) is 4.39. The molecule has 4 nitrogen and oxygen atoms in total. The lowest BCUT2D eigenvalue weighted by Crippen LogP contribution is -2.02. The molecule has 0 aliphatic heterocycles. The van der Waals surface area contributed by atoms with E-state index in [1.165, 1.54) is 0 Å². The largest absolute Gasteiger partial charge is 0.494 e. The molecule has 4 heteroatoms. The molecule has 86 valence electrons. The smallest absolute Gasteiger partial charge is 0.152 e. The van der Waals surface area contributed by atoms with E-state index in [4.69, 9.17) is 16.2 Å². The van der Waals surface area contributed by atoms with Gasteiger partial charge in [-0.25, -0.2) is 0 Å². The van der Waals surface area contributed by atoms with Gasteiger partial charge in [-0.1, -0.05) is 6.58 Å². The van der Waals surface area contributed by atoms with E-state index >= 15 is 0 Å². The molecule has 0 amide bonds. The maximum atomic E-state index is 10.5. The molecular weight excluding hydrogens is 204 g/mol. The molecule has 16 heavy (non-hydrogen) atoms. The predicted molar refractivity (Wildman–Crippen MR) is 64.3 cm³/mol. The quantitative estimate of drug-likeness (QED) is 0.434. The molecule has 0 radical (unpaired) electrons. The first-order valence-electron chi connectivity index (χ1n) is 5.04. The number of rotatable bonds is 6. The van der Waals surface area contributed by atoms with Crippen LogP contribution < -0.4 is 16.2 Å². The van der Waals surface area contributed by atoms with E-state index in [0.717, 1.165) is 19.1 Å². The first-order valence-corrected chi connectivity index (χ1v) is 5.04. The molecule has 1 rings (SSSR count). The molecular formula is C12H16N2O2. The van der Waals surface area contributed by atoms with Gasteiger partial charge in [0.1, 0.15) is 5.75 Å². The van der Waals surface area contributed by atoms with Gasteiger partial charge >= 0.3 is 0 Å². The van der Waals surface area contributed by atoms with Crippen LogP contribution in [0.5, 0.6) is 5.75 Å². The molecule has 0 heterocycles. The summed E-state index contributed by atoms with van der Waals surface area (Å²) in [5, 5.41) is 0. The zero-order valence-electron chi connectivity index (χ0n) is 9.11. The third-order valence-corrected chi connectivity index (χ3v) is 2.10. The van der Waals surface area contributed by atoms with Crippen molar-refractivity contribution in [3.63, 3.8) is 0 Å². The summed E-state index contributed by atoms with van der Waals surface area (Å²) < 4.78 is 5.44. The molecule has 0 unspecified atom stereocenters. The summed E-state index contributed by atoms with van der Waals surface area (Å²) in [6, 6.07) is 5.00. The lowest BCUT2D eigenvalue weighted by Gasteiger charge is -2.07. The minimum Gasteiger partial charge on any atom is -0.494 e. The summed E-state index contributed by atoms with van der Waals surface area (Å²) in [6.07, 6.45) is 2.27. The van der Waals surface area contributed by atoms with Crippen molar-refractivity contribution in [3.05, 3.63) is 36.0 Å². The van der Waals surface area contributed by atoms with Crippen molar-refractivity contribution < 1.29 is 9.53 Å². The molecule has 0 fully saturated rings. The van der Waals surface area contributed by atoms with Gasteiger partial charge in [-0.15, -0.1) is 0 Å². The molecule has 4 N–H and O–H groups in total. The fraction of sp³-hybridized carbons (Fsp3) is 0.250. The SMILES string of the molecule is C=C(N)CCCOc1ccc(C=O)c(N)c1. The van der Waals surface area contributed by atoms with E-state index in [1.807, 2.05) is 0 Å². The molecule has 0 aliphatic carbocycles. The van der Waals surface area contributed by atoms with Gasteiger partial charge < -0.3 is 16.2 Å². The van der Waals surface area contributed by atoms with E-state index < -0.39 is 0 Å². The van der Waals surface area contributed by atoms with Crippen molar-refractivity contribution >= 4 is 12.0 Å². The van der Waals surface area contributed by atoms with E-state index in [2.05, 4.69) is 6.58 Å². The normalized spacial score (nSPS) is 9.75. The summed E-state index contributed by atoms with van der Waals surface area (Å²) in [7, 11) is 0. The lowest BCUT2D eigenvalue weighted by atomic mass is 10.2. The van der Waals surface area contributed by atoms with Crippen LogP contribution in [0.1, 0.15) is 23.2 Å². The zero-order chi connectivity index (χ0) is 12.0. The van der Waals surface area contributed by atoms with Gasteiger partial charge in [0.05, 0.1) is 6.61 Å². The number of nitrogens with two attached hydrogens (primary N) is 2. The van der Waals surface area contributed by atoms with E-state index in [-0.39, 0.29) is 0 Å². The Bertz CT molecular complexity index is 389. The van der Waals surface area contributed by atoms with Crippen molar-refractivity contribution in [1.82, 2.24) is 0 Å². The van der Waals surface area contributed by atoms with Crippen molar-refractivity contribution in [2.45, 2.75) is 12.8 Å². The molecule has 0 saturated heterocycles. The standard InChI is InChI=1S/C12H16N2O2/c1-9(13)3-2-6-16-11-5-4-10(8-15)12(14)7-11/h4-5,7-8H,1-3,6,13-14H2. The highest BCUT2D eigenvalue weighted by Crippen LogP contribution is 2.18. The van der Waals surface area contributed by atoms with Crippen molar-refractivity contribution in [1.29, 1.82) is 0 Å². The predicted octanol–water partition coefficient (Wildman–Crippen LogP) is 1.71. The van der Waals surface area contributed by atoms with Gasteiger partial charge in [0.15, 0.2) is 6.29 Å².